The summed E-state index contributed by atoms with van der Waals surface area (Å²) in [7, 11) is 1.57. The van der Waals surface area contributed by atoms with Gasteiger partial charge >= 0.3 is 5.97 Å². The van der Waals surface area contributed by atoms with Crippen molar-refractivity contribution in [3.63, 3.8) is 0 Å². The Kier molecular flexibility index (Phi) is 5.00. The van der Waals surface area contributed by atoms with Crippen LogP contribution in [0.15, 0.2) is 47.8 Å². The number of ether oxygens (including phenoxy) is 2. The monoisotopic (exact) mass is 355 g/mol. The van der Waals surface area contributed by atoms with Gasteiger partial charge in [0.15, 0.2) is 17.2 Å². The van der Waals surface area contributed by atoms with Crippen molar-refractivity contribution in [2.75, 3.05) is 7.11 Å². The summed E-state index contributed by atoms with van der Waals surface area (Å²) in [6.07, 6.45) is 0. The molecule has 1 N–H and O–H groups in total. The SMILES string of the molecule is COc1cccc(-c2nc(C(=O)O)cs2)c1OCc1ccccc1C. The van der Waals surface area contributed by atoms with Gasteiger partial charge in [0.25, 0.3) is 0 Å². The van der Waals surface area contributed by atoms with E-state index in [2.05, 4.69) is 4.98 Å². The van der Waals surface area contributed by atoms with Crippen LogP contribution in [0.3, 0.4) is 0 Å². The third kappa shape index (κ3) is 3.64. The number of aryl methyl sites for hydroxylation is 1. The van der Waals surface area contributed by atoms with E-state index in [1.165, 1.54) is 16.7 Å². The molecule has 0 aliphatic rings. The van der Waals surface area contributed by atoms with Crippen LogP contribution in [-0.2, 0) is 6.61 Å². The molecule has 25 heavy (non-hydrogen) atoms. The minimum atomic E-state index is -1.05. The molecule has 5 nitrogen and oxygen atoms in total. The van der Waals surface area contributed by atoms with E-state index < -0.39 is 5.97 Å². The van der Waals surface area contributed by atoms with Gasteiger partial charge in [-0.05, 0) is 30.2 Å². The number of nitrogens with zero attached hydrogens (tertiary/aromatic N) is 1. The van der Waals surface area contributed by atoms with Gasteiger partial charge in [-0.25, -0.2) is 9.78 Å². The molecule has 0 bridgehead atoms. The first kappa shape index (κ1) is 17.0. The molecule has 0 aliphatic heterocycles. The zero-order valence-electron chi connectivity index (χ0n) is 13.9. The lowest BCUT2D eigenvalue weighted by Gasteiger charge is -2.15. The number of thiazole rings is 1. The van der Waals surface area contributed by atoms with Gasteiger partial charge in [-0.15, -0.1) is 11.3 Å². The Morgan fingerprint density at radius 3 is 2.68 bits per heavy atom. The van der Waals surface area contributed by atoms with Crippen molar-refractivity contribution in [2.45, 2.75) is 13.5 Å². The summed E-state index contributed by atoms with van der Waals surface area (Å²) in [6.45, 7) is 2.42. The summed E-state index contributed by atoms with van der Waals surface area (Å²) in [4.78, 5) is 15.3. The Balaban J connectivity index is 1.96. The largest absolute Gasteiger partial charge is 0.493 e. The lowest BCUT2D eigenvalue weighted by Crippen LogP contribution is -2.01. The van der Waals surface area contributed by atoms with Crippen molar-refractivity contribution < 1.29 is 19.4 Å². The molecule has 0 saturated heterocycles. The number of methoxy groups -OCH3 is 1. The number of rotatable bonds is 6. The van der Waals surface area contributed by atoms with E-state index in [9.17, 15) is 4.79 Å². The predicted octanol–water partition coefficient (Wildman–Crippen LogP) is 4.40. The zero-order valence-corrected chi connectivity index (χ0v) is 14.7. The second-order valence-electron chi connectivity index (χ2n) is 5.40. The van der Waals surface area contributed by atoms with Gasteiger partial charge in [0.2, 0.25) is 0 Å². The number of para-hydroxylation sites is 1. The predicted molar refractivity (Wildman–Crippen MR) is 96.6 cm³/mol. The molecular formula is C19H17NO4S. The maximum Gasteiger partial charge on any atom is 0.355 e. The van der Waals surface area contributed by atoms with Crippen molar-refractivity contribution in [1.29, 1.82) is 0 Å². The number of aromatic carboxylic acids is 1. The minimum Gasteiger partial charge on any atom is -0.493 e. The van der Waals surface area contributed by atoms with Gasteiger partial charge < -0.3 is 14.6 Å². The van der Waals surface area contributed by atoms with Gasteiger partial charge in [0.05, 0.1) is 12.7 Å². The standard InChI is InChI=1S/C19H17NO4S/c1-12-6-3-4-7-13(12)10-24-17-14(8-5-9-16(17)23-2)18-20-15(11-25-18)19(21)22/h3-9,11H,10H2,1-2H3,(H,21,22). The number of hydrogen-bond donors (Lipinski definition) is 1. The highest BCUT2D eigenvalue weighted by Crippen LogP contribution is 2.39. The first-order valence-corrected chi connectivity index (χ1v) is 8.51. The van der Waals surface area contributed by atoms with Crippen molar-refractivity contribution in [1.82, 2.24) is 4.98 Å². The van der Waals surface area contributed by atoms with Crippen LogP contribution in [0.5, 0.6) is 11.5 Å². The number of aromatic nitrogens is 1. The highest BCUT2D eigenvalue weighted by molar-refractivity contribution is 7.13. The maximum absolute atomic E-state index is 11.1. The van der Waals surface area contributed by atoms with Crippen molar-refractivity contribution in [3.05, 3.63) is 64.7 Å². The molecule has 0 amide bonds. The Bertz CT molecular complexity index is 904. The summed E-state index contributed by atoms with van der Waals surface area (Å²) in [6, 6.07) is 13.5. The average Bonchev–Trinajstić information content (AvgIpc) is 3.11. The van der Waals surface area contributed by atoms with E-state index in [4.69, 9.17) is 14.6 Å². The maximum atomic E-state index is 11.1. The van der Waals surface area contributed by atoms with Crippen LogP contribution in [0.4, 0.5) is 0 Å². The second-order valence-corrected chi connectivity index (χ2v) is 6.25. The van der Waals surface area contributed by atoms with E-state index in [0.717, 1.165) is 11.1 Å². The van der Waals surface area contributed by atoms with Gasteiger partial charge in [-0.1, -0.05) is 30.3 Å². The average molecular weight is 355 g/mol. The van der Waals surface area contributed by atoms with Crippen molar-refractivity contribution in [2.24, 2.45) is 0 Å². The van der Waals surface area contributed by atoms with Gasteiger partial charge in [-0.3, -0.25) is 0 Å². The fourth-order valence-corrected chi connectivity index (χ4v) is 3.23. The molecule has 0 atom stereocenters. The molecule has 3 rings (SSSR count). The molecule has 0 spiro atoms. The highest BCUT2D eigenvalue weighted by Gasteiger charge is 2.17. The Hall–Kier alpha value is -2.86. The molecule has 6 heteroatoms. The molecule has 3 aromatic rings. The van der Waals surface area contributed by atoms with E-state index in [0.29, 0.717) is 28.7 Å². The van der Waals surface area contributed by atoms with Crippen LogP contribution in [0, 0.1) is 6.92 Å². The molecular weight excluding hydrogens is 338 g/mol. The van der Waals surface area contributed by atoms with Crippen molar-refractivity contribution in [3.8, 4) is 22.1 Å². The Morgan fingerprint density at radius 1 is 1.20 bits per heavy atom. The van der Waals surface area contributed by atoms with Gasteiger partial charge in [0.1, 0.15) is 11.6 Å². The van der Waals surface area contributed by atoms with Crippen LogP contribution >= 0.6 is 11.3 Å². The van der Waals surface area contributed by atoms with E-state index in [-0.39, 0.29) is 5.69 Å². The number of benzene rings is 2. The van der Waals surface area contributed by atoms with Gasteiger partial charge in [0, 0.05) is 5.38 Å². The molecule has 1 aromatic heterocycles. The molecule has 128 valence electrons. The first-order chi connectivity index (χ1) is 12.1. The van der Waals surface area contributed by atoms with Crippen molar-refractivity contribution >= 4 is 17.3 Å². The van der Waals surface area contributed by atoms with Crippen LogP contribution in [0.1, 0.15) is 21.6 Å². The van der Waals surface area contributed by atoms with Crippen LogP contribution in [0.2, 0.25) is 0 Å². The summed E-state index contributed by atoms with van der Waals surface area (Å²) in [5.41, 5.74) is 2.95. The Labute approximate surface area is 149 Å². The van der Waals surface area contributed by atoms with E-state index in [1.54, 1.807) is 7.11 Å². The third-order valence-electron chi connectivity index (χ3n) is 3.79. The molecule has 0 aliphatic carbocycles. The third-order valence-corrected chi connectivity index (χ3v) is 4.66. The number of carboxylic acids is 1. The number of hydrogen-bond acceptors (Lipinski definition) is 5. The minimum absolute atomic E-state index is 0.0210. The molecule has 2 aromatic carbocycles. The number of carbonyl (C=O) groups is 1. The summed E-state index contributed by atoms with van der Waals surface area (Å²) in [5.74, 6) is 0.0884. The first-order valence-electron chi connectivity index (χ1n) is 7.63. The van der Waals surface area contributed by atoms with E-state index in [1.807, 2.05) is 49.4 Å². The highest BCUT2D eigenvalue weighted by atomic mass is 32.1. The quantitative estimate of drug-likeness (QED) is 0.709. The van der Waals surface area contributed by atoms with Gasteiger partial charge in [-0.2, -0.15) is 0 Å². The summed E-state index contributed by atoms with van der Waals surface area (Å²) in [5, 5.41) is 11.2. The molecule has 0 radical (unpaired) electrons. The lowest BCUT2D eigenvalue weighted by molar-refractivity contribution is 0.0691. The molecule has 0 fully saturated rings. The molecule has 0 unspecified atom stereocenters. The summed E-state index contributed by atoms with van der Waals surface area (Å²) >= 11 is 1.26. The fraction of sp³-hybridized carbons (Fsp3) is 0.158. The van der Waals surface area contributed by atoms with E-state index >= 15 is 0 Å². The zero-order chi connectivity index (χ0) is 17.8. The topological polar surface area (TPSA) is 68.7 Å². The van der Waals surface area contributed by atoms with Crippen LogP contribution in [-0.4, -0.2) is 23.2 Å². The number of carboxylic acid groups (broad SMARTS) is 1. The smallest absolute Gasteiger partial charge is 0.355 e. The molecule has 0 saturated carbocycles. The van der Waals surface area contributed by atoms with Crippen LogP contribution in [0.25, 0.3) is 10.6 Å². The molecule has 1 heterocycles. The Morgan fingerprint density at radius 2 is 2.00 bits per heavy atom. The van der Waals surface area contributed by atoms with Crippen LogP contribution < -0.4 is 9.47 Å². The lowest BCUT2D eigenvalue weighted by atomic mass is 10.1. The summed E-state index contributed by atoms with van der Waals surface area (Å²) < 4.78 is 11.5. The fourth-order valence-electron chi connectivity index (χ4n) is 2.41. The second kappa shape index (κ2) is 7.36. The normalized spacial score (nSPS) is 10.5.